The zero-order valence-electron chi connectivity index (χ0n) is 12.7. The molecule has 3 nitrogen and oxygen atoms in total. The first-order valence-electron chi connectivity index (χ1n) is 6.80. The summed E-state index contributed by atoms with van der Waals surface area (Å²) in [5, 5.41) is 0. The molecule has 144 valence electrons. The van der Waals surface area contributed by atoms with Crippen molar-refractivity contribution in [2.45, 2.75) is 12.4 Å². The predicted molar refractivity (Wildman–Crippen MR) is 72.5 cm³/mol. The van der Waals surface area contributed by atoms with Crippen LogP contribution < -0.4 is 0 Å². The Morgan fingerprint density at radius 3 is 1.30 bits per heavy atom. The number of ether oxygens (including phenoxy) is 1. The van der Waals surface area contributed by atoms with Crippen LogP contribution in [0.1, 0.15) is 31.8 Å². The summed E-state index contributed by atoms with van der Waals surface area (Å²) in [6, 6.07) is 1.96. The number of rotatable bonds is 2. The summed E-state index contributed by atoms with van der Waals surface area (Å²) >= 11 is 0. The third kappa shape index (κ3) is 4.60. The summed E-state index contributed by atoms with van der Waals surface area (Å²) in [6.07, 6.45) is -10.3. The van der Waals surface area contributed by atoms with Gasteiger partial charge in [-0.1, -0.05) is 0 Å². The molecule has 0 amide bonds. The van der Waals surface area contributed by atoms with Crippen molar-refractivity contribution >= 4 is 11.9 Å². The van der Waals surface area contributed by atoms with Crippen LogP contribution in [0.15, 0.2) is 36.4 Å². The molecule has 0 aliphatic heterocycles. The number of hydrogen-bond donors (Lipinski definition) is 0. The van der Waals surface area contributed by atoms with Crippen LogP contribution in [0.3, 0.4) is 0 Å². The van der Waals surface area contributed by atoms with Crippen molar-refractivity contribution in [2.24, 2.45) is 0 Å². The number of alkyl halides is 6. The van der Waals surface area contributed by atoms with Gasteiger partial charge in [-0.3, -0.25) is 0 Å². The second-order valence-electron chi connectivity index (χ2n) is 5.06. The number of carbonyl (C=O) groups excluding carboxylic acids is 2. The molecular formula is C16H6F8O3. The minimum Gasteiger partial charge on any atom is -0.386 e. The van der Waals surface area contributed by atoms with Crippen molar-refractivity contribution in [3.8, 4) is 0 Å². The van der Waals surface area contributed by atoms with E-state index in [-0.39, 0.29) is 12.1 Å². The lowest BCUT2D eigenvalue weighted by atomic mass is 10.1. The van der Waals surface area contributed by atoms with Crippen LogP contribution in [-0.4, -0.2) is 11.9 Å². The second kappa shape index (κ2) is 6.97. The fourth-order valence-corrected chi connectivity index (χ4v) is 1.94. The van der Waals surface area contributed by atoms with Gasteiger partial charge in [0, 0.05) is 0 Å². The van der Waals surface area contributed by atoms with Gasteiger partial charge in [-0.15, -0.1) is 0 Å². The Bertz CT molecular complexity index is 826. The summed E-state index contributed by atoms with van der Waals surface area (Å²) in [4.78, 5) is 23.5. The van der Waals surface area contributed by atoms with Gasteiger partial charge in [-0.05, 0) is 36.4 Å². The zero-order valence-corrected chi connectivity index (χ0v) is 12.7. The smallest absolute Gasteiger partial charge is 0.386 e. The number of carbonyl (C=O) groups is 2. The molecule has 0 heterocycles. The van der Waals surface area contributed by atoms with Gasteiger partial charge in [0.1, 0.15) is 11.6 Å². The molecule has 0 aliphatic carbocycles. The van der Waals surface area contributed by atoms with Gasteiger partial charge >= 0.3 is 24.3 Å². The van der Waals surface area contributed by atoms with Crippen molar-refractivity contribution in [3.63, 3.8) is 0 Å². The van der Waals surface area contributed by atoms with Crippen molar-refractivity contribution in [1.82, 2.24) is 0 Å². The number of halogens is 8. The highest BCUT2D eigenvalue weighted by molar-refractivity contribution is 6.02. The van der Waals surface area contributed by atoms with E-state index in [1.54, 1.807) is 0 Å². The Morgan fingerprint density at radius 1 is 0.667 bits per heavy atom. The molecule has 11 heteroatoms. The molecule has 0 spiro atoms. The third-order valence-corrected chi connectivity index (χ3v) is 3.20. The van der Waals surface area contributed by atoms with Gasteiger partial charge in [-0.25, -0.2) is 18.4 Å². The van der Waals surface area contributed by atoms with Crippen molar-refractivity contribution in [2.75, 3.05) is 0 Å². The minimum absolute atomic E-state index is 0.0801. The number of benzene rings is 2. The van der Waals surface area contributed by atoms with Gasteiger partial charge in [0.2, 0.25) is 0 Å². The summed E-state index contributed by atoms with van der Waals surface area (Å²) in [7, 11) is 0. The van der Waals surface area contributed by atoms with Crippen LogP contribution in [0.4, 0.5) is 35.1 Å². The van der Waals surface area contributed by atoms with Crippen LogP contribution in [0.5, 0.6) is 0 Å². The third-order valence-electron chi connectivity index (χ3n) is 3.20. The lowest BCUT2D eigenvalue weighted by Gasteiger charge is -2.11. The Kier molecular flexibility index (Phi) is 5.25. The standard InChI is InChI=1S/C16H6F8O3/c17-11-3-1-7(5-9(11)15(19,20)21)13(25)27-14(26)8-2-4-12(18)10(6-8)16(22,23)24/h1-6H. The fraction of sp³-hybridized carbons (Fsp3) is 0.125. The summed E-state index contributed by atoms with van der Waals surface area (Å²) < 4.78 is 106. The van der Waals surface area contributed by atoms with E-state index >= 15 is 0 Å². The predicted octanol–water partition coefficient (Wildman–Crippen LogP) is 5.00. The van der Waals surface area contributed by atoms with E-state index in [1.807, 2.05) is 0 Å². The monoisotopic (exact) mass is 398 g/mol. The quantitative estimate of drug-likeness (QED) is 0.406. The molecule has 0 aromatic heterocycles. The first-order valence-corrected chi connectivity index (χ1v) is 6.80. The van der Waals surface area contributed by atoms with E-state index in [2.05, 4.69) is 4.74 Å². The molecule has 0 unspecified atom stereocenters. The van der Waals surface area contributed by atoms with Crippen LogP contribution in [-0.2, 0) is 17.1 Å². The van der Waals surface area contributed by atoms with Gasteiger partial charge in [0.15, 0.2) is 0 Å². The molecule has 2 aromatic rings. The van der Waals surface area contributed by atoms with Crippen LogP contribution in [0, 0.1) is 11.6 Å². The Morgan fingerprint density at radius 2 is 1.00 bits per heavy atom. The van der Waals surface area contributed by atoms with Gasteiger partial charge in [0.25, 0.3) is 0 Å². The molecule has 0 fully saturated rings. The van der Waals surface area contributed by atoms with Crippen LogP contribution >= 0.6 is 0 Å². The molecule has 0 atom stereocenters. The van der Waals surface area contributed by atoms with Crippen LogP contribution in [0.2, 0.25) is 0 Å². The maximum atomic E-state index is 13.2. The molecule has 0 saturated carbocycles. The van der Waals surface area contributed by atoms with E-state index in [4.69, 9.17) is 0 Å². The number of esters is 2. The van der Waals surface area contributed by atoms with E-state index in [0.717, 1.165) is 0 Å². The molecule has 2 rings (SSSR count). The molecule has 2 aromatic carbocycles. The lowest BCUT2D eigenvalue weighted by Crippen LogP contribution is -2.16. The number of hydrogen-bond acceptors (Lipinski definition) is 3. The fourth-order valence-electron chi connectivity index (χ4n) is 1.94. The average molecular weight is 398 g/mol. The zero-order chi connectivity index (χ0) is 20.6. The van der Waals surface area contributed by atoms with Crippen molar-refractivity contribution in [3.05, 3.63) is 70.3 Å². The van der Waals surface area contributed by atoms with E-state index < -0.39 is 58.2 Å². The normalized spacial score (nSPS) is 12.0. The van der Waals surface area contributed by atoms with Crippen molar-refractivity contribution in [1.29, 1.82) is 0 Å². The van der Waals surface area contributed by atoms with E-state index in [1.165, 1.54) is 0 Å². The minimum atomic E-state index is -5.14. The molecule has 0 saturated heterocycles. The largest absolute Gasteiger partial charge is 0.419 e. The highest BCUT2D eigenvalue weighted by Gasteiger charge is 2.36. The first-order chi connectivity index (χ1) is 12.3. The molecule has 0 bridgehead atoms. The maximum absolute atomic E-state index is 13.2. The molecular weight excluding hydrogens is 392 g/mol. The lowest BCUT2D eigenvalue weighted by molar-refractivity contribution is -0.140. The van der Waals surface area contributed by atoms with Crippen LogP contribution in [0.25, 0.3) is 0 Å². The van der Waals surface area contributed by atoms with Gasteiger partial charge in [0.05, 0.1) is 22.3 Å². The molecule has 27 heavy (non-hydrogen) atoms. The molecule has 0 aliphatic rings. The SMILES string of the molecule is O=C(OC(=O)c1ccc(F)c(C(F)(F)F)c1)c1ccc(F)c(C(F)(F)F)c1. The maximum Gasteiger partial charge on any atom is 0.419 e. The highest BCUT2D eigenvalue weighted by atomic mass is 19.4. The summed E-state index contributed by atoms with van der Waals surface area (Å²) in [5.41, 5.74) is -5.33. The Balaban J connectivity index is 2.28. The summed E-state index contributed by atoms with van der Waals surface area (Å²) in [6.45, 7) is 0. The first kappa shape index (κ1) is 20.3. The Hall–Kier alpha value is -2.98. The van der Waals surface area contributed by atoms with E-state index in [9.17, 15) is 44.7 Å². The Labute approximate surface area is 145 Å². The van der Waals surface area contributed by atoms with E-state index in [0.29, 0.717) is 24.3 Å². The second-order valence-corrected chi connectivity index (χ2v) is 5.06. The topological polar surface area (TPSA) is 43.4 Å². The highest BCUT2D eigenvalue weighted by Crippen LogP contribution is 2.33. The van der Waals surface area contributed by atoms with Gasteiger partial charge < -0.3 is 4.74 Å². The molecule has 0 radical (unpaired) electrons. The molecule has 0 N–H and O–H groups in total. The average Bonchev–Trinajstić information content (AvgIpc) is 2.53. The van der Waals surface area contributed by atoms with Gasteiger partial charge in [-0.2, -0.15) is 26.3 Å². The van der Waals surface area contributed by atoms with Crippen molar-refractivity contribution < 1.29 is 49.4 Å². The summed E-state index contributed by atoms with van der Waals surface area (Å²) in [5.74, 6) is -6.69.